The number of aromatic carboxylic acids is 1. The van der Waals surface area contributed by atoms with Gasteiger partial charge in [0.1, 0.15) is 0 Å². The molecule has 2 aromatic rings. The van der Waals surface area contributed by atoms with Crippen LogP contribution in [-0.2, 0) is 9.59 Å². The number of unbranched alkanes of at least 4 members (excludes halogenated alkanes) is 2. The summed E-state index contributed by atoms with van der Waals surface area (Å²) in [4.78, 5) is 48.8. The van der Waals surface area contributed by atoms with Crippen LogP contribution < -0.4 is 10.6 Å². The van der Waals surface area contributed by atoms with Crippen molar-refractivity contribution in [1.29, 1.82) is 0 Å². The van der Waals surface area contributed by atoms with Crippen LogP contribution in [0.2, 0.25) is 0 Å². The maximum absolute atomic E-state index is 13.1. The Hall–Kier alpha value is -3.72. The van der Waals surface area contributed by atoms with E-state index >= 15 is 0 Å². The van der Waals surface area contributed by atoms with E-state index in [-0.39, 0.29) is 29.6 Å². The van der Waals surface area contributed by atoms with E-state index in [9.17, 15) is 29.5 Å². The molecule has 3 amide bonds. The summed E-state index contributed by atoms with van der Waals surface area (Å²) in [6, 6.07) is 13.5. The number of benzene rings is 2. The molecule has 3 rings (SSSR count). The monoisotopic (exact) mass is 495 g/mol. The number of hydroxylamine groups is 2. The Morgan fingerprint density at radius 1 is 1.08 bits per heavy atom. The Balaban J connectivity index is 1.70. The van der Waals surface area contributed by atoms with Crippen molar-refractivity contribution in [2.45, 2.75) is 51.5 Å². The van der Waals surface area contributed by atoms with Crippen LogP contribution in [-0.4, -0.2) is 51.8 Å². The van der Waals surface area contributed by atoms with E-state index in [4.69, 9.17) is 0 Å². The molecule has 1 fully saturated rings. The van der Waals surface area contributed by atoms with Crippen molar-refractivity contribution in [1.82, 2.24) is 15.7 Å². The number of hydrogen-bond donors (Lipinski definition) is 4. The average Bonchev–Trinajstić information content (AvgIpc) is 3.57. The van der Waals surface area contributed by atoms with Crippen molar-refractivity contribution in [3.63, 3.8) is 0 Å². The van der Waals surface area contributed by atoms with Crippen LogP contribution in [0.15, 0.2) is 48.5 Å². The van der Waals surface area contributed by atoms with Crippen LogP contribution >= 0.6 is 0 Å². The number of hydrogen-bond acceptors (Lipinski definition) is 5. The Labute approximate surface area is 210 Å². The Bertz CT molecular complexity index is 1110. The first-order valence-corrected chi connectivity index (χ1v) is 12.2. The second-order valence-electron chi connectivity index (χ2n) is 9.29. The van der Waals surface area contributed by atoms with Crippen molar-refractivity contribution >= 4 is 24.2 Å². The number of nitrogens with zero attached hydrogens (tertiary/aromatic N) is 1. The number of amides is 3. The van der Waals surface area contributed by atoms with Crippen LogP contribution in [0.1, 0.15) is 66.7 Å². The highest BCUT2D eigenvalue weighted by Crippen LogP contribution is 2.53. The van der Waals surface area contributed by atoms with Crippen molar-refractivity contribution in [3.8, 4) is 11.1 Å². The minimum absolute atomic E-state index is 0.0249. The highest BCUT2D eigenvalue weighted by atomic mass is 16.5. The molecular formula is C27H33N3O6. The van der Waals surface area contributed by atoms with Gasteiger partial charge in [-0.1, -0.05) is 63.4 Å². The van der Waals surface area contributed by atoms with E-state index in [0.717, 1.165) is 24.8 Å². The third-order valence-electron chi connectivity index (χ3n) is 6.93. The predicted octanol–water partition coefficient (Wildman–Crippen LogP) is 3.68. The fourth-order valence-electron chi connectivity index (χ4n) is 4.82. The van der Waals surface area contributed by atoms with E-state index in [1.165, 1.54) is 12.1 Å². The number of nitrogens with one attached hydrogen (secondary N) is 2. The van der Waals surface area contributed by atoms with E-state index in [1.807, 2.05) is 44.2 Å². The summed E-state index contributed by atoms with van der Waals surface area (Å²) < 4.78 is 0. The average molecular weight is 496 g/mol. The van der Waals surface area contributed by atoms with Crippen molar-refractivity contribution in [2.75, 3.05) is 6.67 Å². The van der Waals surface area contributed by atoms with Gasteiger partial charge in [0.05, 0.1) is 23.7 Å². The highest BCUT2D eigenvalue weighted by molar-refractivity contribution is 5.99. The van der Waals surface area contributed by atoms with Gasteiger partial charge in [-0.2, -0.15) is 0 Å². The maximum atomic E-state index is 13.1. The molecule has 0 bridgehead atoms. The van der Waals surface area contributed by atoms with Gasteiger partial charge < -0.3 is 15.7 Å². The number of rotatable bonds is 13. The normalized spacial score (nSPS) is 19.1. The standard InChI is InChI=1S/C27H33N3O6/c1-3-4-6-11-23(27(15-18(27)2)30(36)17-31)25(33)29-16-28-24(32)21-12-20(13-22(14-21)26(34)35)19-9-7-5-8-10-19/h5,7-10,12-14,17-18,23,36H,3-4,6,11,15-16H2,1-2H3,(H,28,32)(H,29,33)(H,34,35)/t18?,23-,27?/m0/s1. The maximum Gasteiger partial charge on any atom is 0.335 e. The number of carboxylic acid groups (broad SMARTS) is 1. The number of carbonyl (C=O) groups excluding carboxylic acids is 3. The molecule has 0 heterocycles. The molecule has 36 heavy (non-hydrogen) atoms. The van der Waals surface area contributed by atoms with E-state index in [1.54, 1.807) is 6.07 Å². The third-order valence-corrected chi connectivity index (χ3v) is 6.93. The molecule has 4 N–H and O–H groups in total. The first-order valence-electron chi connectivity index (χ1n) is 12.2. The van der Waals surface area contributed by atoms with Crippen molar-refractivity contribution in [3.05, 3.63) is 59.7 Å². The van der Waals surface area contributed by atoms with E-state index in [0.29, 0.717) is 29.9 Å². The van der Waals surface area contributed by atoms with Gasteiger partial charge >= 0.3 is 5.97 Å². The molecule has 1 aliphatic rings. The molecule has 1 saturated carbocycles. The molecule has 9 heteroatoms. The zero-order valence-electron chi connectivity index (χ0n) is 20.6. The van der Waals surface area contributed by atoms with Crippen LogP contribution in [0.4, 0.5) is 0 Å². The molecule has 1 aliphatic carbocycles. The number of carbonyl (C=O) groups is 4. The lowest BCUT2D eigenvalue weighted by atomic mass is 9.88. The second-order valence-corrected chi connectivity index (χ2v) is 9.29. The Kier molecular flexibility index (Phi) is 8.82. The van der Waals surface area contributed by atoms with Gasteiger partial charge in [0.2, 0.25) is 12.3 Å². The first kappa shape index (κ1) is 26.9. The zero-order valence-corrected chi connectivity index (χ0v) is 20.6. The summed E-state index contributed by atoms with van der Waals surface area (Å²) in [6.45, 7) is 3.75. The quantitative estimate of drug-likeness (QED) is 0.110. The minimum Gasteiger partial charge on any atom is -0.478 e. The molecule has 192 valence electrons. The molecule has 0 radical (unpaired) electrons. The van der Waals surface area contributed by atoms with Crippen molar-refractivity contribution < 1.29 is 29.5 Å². The molecular weight excluding hydrogens is 462 g/mol. The lowest BCUT2D eigenvalue weighted by molar-refractivity contribution is -0.175. The molecule has 0 saturated heterocycles. The topological polar surface area (TPSA) is 136 Å². The summed E-state index contributed by atoms with van der Waals surface area (Å²) in [6.07, 6.45) is 4.01. The van der Waals surface area contributed by atoms with E-state index < -0.39 is 23.3 Å². The molecule has 9 nitrogen and oxygen atoms in total. The minimum atomic E-state index is -1.15. The van der Waals surface area contributed by atoms with Gasteiger partial charge in [0.15, 0.2) is 0 Å². The predicted molar refractivity (Wildman–Crippen MR) is 133 cm³/mol. The summed E-state index contributed by atoms with van der Waals surface area (Å²) in [5.41, 5.74) is 0.539. The van der Waals surface area contributed by atoms with Crippen LogP contribution in [0.5, 0.6) is 0 Å². The second kappa shape index (κ2) is 11.8. The van der Waals surface area contributed by atoms with Crippen LogP contribution in [0, 0.1) is 11.8 Å². The van der Waals surface area contributed by atoms with Crippen LogP contribution in [0.25, 0.3) is 11.1 Å². The molecule has 2 unspecified atom stereocenters. The molecule has 2 aromatic carbocycles. The van der Waals surface area contributed by atoms with Gasteiger partial charge in [0.25, 0.3) is 5.91 Å². The fraction of sp³-hybridized carbons (Fsp3) is 0.407. The van der Waals surface area contributed by atoms with Gasteiger partial charge in [-0.3, -0.25) is 19.6 Å². The summed E-state index contributed by atoms with van der Waals surface area (Å²) >= 11 is 0. The molecule has 3 atom stereocenters. The van der Waals surface area contributed by atoms with E-state index in [2.05, 4.69) is 10.6 Å². The third kappa shape index (κ3) is 5.91. The van der Waals surface area contributed by atoms with Gasteiger partial charge in [0, 0.05) is 5.56 Å². The largest absolute Gasteiger partial charge is 0.478 e. The lowest BCUT2D eigenvalue weighted by Gasteiger charge is -2.31. The zero-order chi connectivity index (χ0) is 26.3. The van der Waals surface area contributed by atoms with Gasteiger partial charge in [-0.05, 0) is 48.1 Å². The van der Waals surface area contributed by atoms with Gasteiger partial charge in [-0.15, -0.1) is 0 Å². The summed E-state index contributed by atoms with van der Waals surface area (Å²) in [7, 11) is 0. The summed E-state index contributed by atoms with van der Waals surface area (Å²) in [5, 5.41) is 25.6. The molecule has 0 aromatic heterocycles. The van der Waals surface area contributed by atoms with Crippen LogP contribution in [0.3, 0.4) is 0 Å². The highest BCUT2D eigenvalue weighted by Gasteiger charge is 2.62. The fourth-order valence-corrected chi connectivity index (χ4v) is 4.82. The smallest absolute Gasteiger partial charge is 0.335 e. The SMILES string of the molecule is CCCCC[C@@H](C(=O)NCNC(=O)c1cc(C(=O)O)cc(-c2ccccc2)c1)C1(N(O)C=O)CC1C. The number of carboxylic acids is 1. The first-order chi connectivity index (χ1) is 17.2. The Morgan fingerprint density at radius 2 is 1.75 bits per heavy atom. The lowest BCUT2D eigenvalue weighted by Crippen LogP contribution is -2.50. The van der Waals surface area contributed by atoms with Gasteiger partial charge in [-0.25, -0.2) is 9.86 Å². The Morgan fingerprint density at radius 3 is 2.33 bits per heavy atom. The molecule has 0 aliphatic heterocycles. The van der Waals surface area contributed by atoms with Crippen molar-refractivity contribution in [2.24, 2.45) is 11.8 Å². The summed E-state index contributed by atoms with van der Waals surface area (Å²) in [5.74, 6) is -2.70. The molecule has 0 spiro atoms.